The Kier molecular flexibility index (Phi) is 5.10. The van der Waals surface area contributed by atoms with Gasteiger partial charge >= 0.3 is 6.18 Å². The molecule has 5 rings (SSSR count). The maximum atomic E-state index is 14.1. The molecule has 1 fully saturated rings. The Hall–Kier alpha value is -3.04. The number of pyridine rings is 2. The van der Waals surface area contributed by atoms with E-state index in [9.17, 15) is 13.2 Å². The van der Waals surface area contributed by atoms with Gasteiger partial charge in [-0.1, -0.05) is 37.3 Å². The summed E-state index contributed by atoms with van der Waals surface area (Å²) < 4.78 is 43.8. The number of hydrogen-bond donors (Lipinski definition) is 1. The van der Waals surface area contributed by atoms with Crippen molar-refractivity contribution in [2.75, 3.05) is 13.1 Å². The van der Waals surface area contributed by atoms with Gasteiger partial charge in [-0.25, -0.2) is 4.98 Å². The molecule has 9 heteroatoms. The maximum Gasteiger partial charge on any atom is 0.408 e. The number of likely N-dealkylation sites (tertiary alicyclic amines) is 1. The number of fused-ring (bicyclic) bond motifs is 2. The number of benzene rings is 1. The molecular formula is C23H23F3N6. The highest BCUT2D eigenvalue weighted by atomic mass is 19.4. The summed E-state index contributed by atoms with van der Waals surface area (Å²) in [4.78, 5) is 6.18. The number of rotatable bonds is 4. The highest BCUT2D eigenvalue weighted by molar-refractivity contribution is 5.84. The van der Waals surface area contributed by atoms with Gasteiger partial charge in [-0.05, 0) is 36.1 Å². The Labute approximate surface area is 182 Å². The van der Waals surface area contributed by atoms with Gasteiger partial charge in [-0.15, -0.1) is 10.2 Å². The van der Waals surface area contributed by atoms with Crippen LogP contribution in [-0.4, -0.2) is 49.8 Å². The molecule has 0 radical (unpaired) electrons. The van der Waals surface area contributed by atoms with Gasteiger partial charge in [0.2, 0.25) is 0 Å². The first-order valence-corrected chi connectivity index (χ1v) is 10.6. The van der Waals surface area contributed by atoms with Crippen molar-refractivity contribution in [3.8, 4) is 11.5 Å². The van der Waals surface area contributed by atoms with Crippen LogP contribution in [0.4, 0.5) is 13.2 Å². The van der Waals surface area contributed by atoms with E-state index < -0.39 is 12.2 Å². The van der Waals surface area contributed by atoms with Gasteiger partial charge in [0.1, 0.15) is 11.7 Å². The molecule has 1 aliphatic heterocycles. The van der Waals surface area contributed by atoms with Crippen LogP contribution in [0.2, 0.25) is 0 Å². The summed E-state index contributed by atoms with van der Waals surface area (Å²) in [7, 11) is 0. The molecule has 0 saturated carbocycles. The van der Waals surface area contributed by atoms with Gasteiger partial charge < -0.3 is 5.73 Å². The smallest absolute Gasteiger partial charge is 0.326 e. The Morgan fingerprint density at radius 3 is 2.69 bits per heavy atom. The topological polar surface area (TPSA) is 72.3 Å². The summed E-state index contributed by atoms with van der Waals surface area (Å²) in [5, 5.41) is 9.39. The summed E-state index contributed by atoms with van der Waals surface area (Å²) in [6, 6.07) is 10.8. The Morgan fingerprint density at radius 1 is 1.12 bits per heavy atom. The average Bonchev–Trinajstić information content (AvgIpc) is 3.38. The average molecular weight is 440 g/mol. The Balaban J connectivity index is 1.62. The molecule has 166 valence electrons. The van der Waals surface area contributed by atoms with Crippen LogP contribution in [0.1, 0.15) is 30.5 Å². The predicted octanol–water partition coefficient (Wildman–Crippen LogP) is 4.14. The van der Waals surface area contributed by atoms with Crippen molar-refractivity contribution < 1.29 is 13.2 Å². The molecule has 0 amide bonds. The first kappa shape index (κ1) is 20.8. The summed E-state index contributed by atoms with van der Waals surface area (Å²) in [6.07, 6.45) is -1.58. The molecule has 32 heavy (non-hydrogen) atoms. The van der Waals surface area contributed by atoms with E-state index in [4.69, 9.17) is 10.7 Å². The van der Waals surface area contributed by atoms with Crippen molar-refractivity contribution >= 4 is 16.6 Å². The minimum absolute atomic E-state index is 0.134. The third kappa shape index (κ3) is 3.61. The minimum Gasteiger partial charge on any atom is -0.326 e. The van der Waals surface area contributed by atoms with Gasteiger partial charge in [0, 0.05) is 30.7 Å². The van der Waals surface area contributed by atoms with Crippen LogP contribution in [0.15, 0.2) is 48.7 Å². The summed E-state index contributed by atoms with van der Waals surface area (Å²) in [5.41, 5.74) is 9.01. The molecule has 0 bridgehead atoms. The molecule has 6 nitrogen and oxygen atoms in total. The molecule has 1 aromatic carbocycles. The van der Waals surface area contributed by atoms with Gasteiger partial charge in [0.25, 0.3) is 0 Å². The Morgan fingerprint density at radius 2 is 1.97 bits per heavy atom. The fourth-order valence-corrected chi connectivity index (χ4v) is 4.52. The summed E-state index contributed by atoms with van der Waals surface area (Å²) in [6.45, 7) is 2.58. The van der Waals surface area contributed by atoms with Crippen molar-refractivity contribution in [2.24, 2.45) is 5.73 Å². The van der Waals surface area contributed by atoms with E-state index >= 15 is 0 Å². The second kappa shape index (κ2) is 7.83. The van der Waals surface area contributed by atoms with Crippen molar-refractivity contribution in [2.45, 2.75) is 38.0 Å². The Bertz CT molecular complexity index is 1280. The standard InChI is InChI=1S/C23H23F3N6/c1-2-14-4-3-5-15-6-8-18(28-20(14)15)22-30-29-19-9-7-16(12-32(19)22)21(23(24,25)26)31-11-10-17(27)13-31/h3-9,12,17,21H,2,10-11,13,27H2,1H3/t17-,21+/m0/s1. The summed E-state index contributed by atoms with van der Waals surface area (Å²) >= 11 is 0. The fraction of sp³-hybridized carbons (Fsp3) is 0.348. The van der Waals surface area contributed by atoms with Gasteiger partial charge in [-0.3, -0.25) is 9.30 Å². The minimum atomic E-state index is -4.43. The monoisotopic (exact) mass is 440 g/mol. The normalized spacial score (nSPS) is 18.6. The summed E-state index contributed by atoms with van der Waals surface area (Å²) in [5.74, 6) is 0.411. The van der Waals surface area contributed by atoms with Crippen molar-refractivity contribution in [3.63, 3.8) is 0 Å². The van der Waals surface area contributed by atoms with Crippen molar-refractivity contribution in [1.82, 2.24) is 24.5 Å². The van der Waals surface area contributed by atoms with E-state index in [1.54, 1.807) is 10.5 Å². The van der Waals surface area contributed by atoms with E-state index in [1.165, 1.54) is 17.2 Å². The number of alkyl halides is 3. The lowest BCUT2D eigenvalue weighted by atomic mass is 10.1. The molecule has 0 unspecified atom stereocenters. The zero-order chi connectivity index (χ0) is 22.5. The van der Waals surface area contributed by atoms with Crippen LogP contribution in [0.5, 0.6) is 0 Å². The second-order valence-electron chi connectivity index (χ2n) is 8.24. The molecule has 2 N–H and O–H groups in total. The molecule has 1 aliphatic rings. The number of para-hydroxylation sites is 1. The zero-order valence-electron chi connectivity index (χ0n) is 17.5. The largest absolute Gasteiger partial charge is 0.408 e. The van der Waals surface area contributed by atoms with Crippen LogP contribution in [0, 0.1) is 0 Å². The van der Waals surface area contributed by atoms with E-state index in [2.05, 4.69) is 17.1 Å². The number of aryl methyl sites for hydroxylation is 1. The van der Waals surface area contributed by atoms with E-state index in [1.807, 2.05) is 30.3 Å². The van der Waals surface area contributed by atoms with Crippen molar-refractivity contribution in [3.05, 3.63) is 59.8 Å². The number of aromatic nitrogens is 4. The first-order chi connectivity index (χ1) is 15.3. The molecule has 4 heterocycles. The van der Waals surface area contributed by atoms with E-state index in [0.29, 0.717) is 30.1 Å². The zero-order valence-corrected chi connectivity index (χ0v) is 17.5. The number of hydrogen-bond acceptors (Lipinski definition) is 5. The molecule has 4 aromatic rings. The first-order valence-electron chi connectivity index (χ1n) is 10.6. The quantitative estimate of drug-likeness (QED) is 0.516. The molecule has 1 saturated heterocycles. The van der Waals surface area contributed by atoms with E-state index in [0.717, 1.165) is 22.9 Å². The SMILES string of the molecule is CCc1cccc2ccc(-c3nnc4ccc([C@@H](N5CC[C@H](N)C5)C(F)(F)F)cn34)nc12. The fourth-order valence-electron chi connectivity index (χ4n) is 4.52. The highest BCUT2D eigenvalue weighted by Gasteiger charge is 2.46. The molecule has 2 atom stereocenters. The second-order valence-corrected chi connectivity index (χ2v) is 8.24. The third-order valence-electron chi connectivity index (χ3n) is 6.09. The lowest BCUT2D eigenvalue weighted by Gasteiger charge is -2.30. The maximum absolute atomic E-state index is 14.1. The molecular weight excluding hydrogens is 417 g/mol. The predicted molar refractivity (Wildman–Crippen MR) is 116 cm³/mol. The number of nitrogens with two attached hydrogens (primary N) is 1. The highest BCUT2D eigenvalue weighted by Crippen LogP contribution is 2.39. The van der Waals surface area contributed by atoms with Gasteiger partial charge in [0.05, 0.1) is 5.52 Å². The van der Waals surface area contributed by atoms with Gasteiger partial charge in [0.15, 0.2) is 11.5 Å². The number of halogens is 3. The lowest BCUT2D eigenvalue weighted by Crippen LogP contribution is -2.38. The van der Waals surface area contributed by atoms with Crippen LogP contribution in [0.25, 0.3) is 28.1 Å². The van der Waals surface area contributed by atoms with Crippen LogP contribution < -0.4 is 5.73 Å². The van der Waals surface area contributed by atoms with Gasteiger partial charge in [-0.2, -0.15) is 13.2 Å². The van der Waals surface area contributed by atoms with Crippen LogP contribution >= 0.6 is 0 Å². The molecule has 3 aromatic heterocycles. The van der Waals surface area contributed by atoms with Crippen LogP contribution in [-0.2, 0) is 6.42 Å². The molecule has 0 aliphatic carbocycles. The third-order valence-corrected chi connectivity index (χ3v) is 6.09. The lowest BCUT2D eigenvalue weighted by molar-refractivity contribution is -0.183. The van der Waals surface area contributed by atoms with E-state index in [-0.39, 0.29) is 18.2 Å². The molecule has 0 spiro atoms. The number of nitrogens with zero attached hydrogens (tertiary/aromatic N) is 5. The van der Waals surface area contributed by atoms with Crippen LogP contribution in [0.3, 0.4) is 0 Å². The van der Waals surface area contributed by atoms with Crippen molar-refractivity contribution in [1.29, 1.82) is 0 Å².